The Kier molecular flexibility index (Phi) is 4.49. The molecule has 6 unspecified atom stereocenters. The molecule has 3 fully saturated rings. The number of carbonyl (C=O) groups is 1. The van der Waals surface area contributed by atoms with Crippen molar-refractivity contribution in [2.24, 2.45) is 5.92 Å². The van der Waals surface area contributed by atoms with Gasteiger partial charge < -0.3 is 34.9 Å². The Hall–Kier alpha value is -3.01. The fourth-order valence-electron chi connectivity index (χ4n) is 6.92. The molecule has 2 heterocycles. The fraction of sp³-hybridized carbons (Fsp3) is 0.393. The van der Waals surface area contributed by atoms with E-state index in [4.69, 9.17) is 9.47 Å². The van der Waals surface area contributed by atoms with Gasteiger partial charge in [-0.25, -0.2) is 4.79 Å². The van der Waals surface area contributed by atoms with Crippen LogP contribution in [0.15, 0.2) is 54.7 Å². The number of carbonyl (C=O) groups excluding carboxylic acids is 1. The van der Waals surface area contributed by atoms with Gasteiger partial charge in [-0.2, -0.15) is 0 Å². The summed E-state index contributed by atoms with van der Waals surface area (Å²) in [4.78, 5) is 16.4. The molecule has 0 amide bonds. The van der Waals surface area contributed by atoms with E-state index < -0.39 is 35.2 Å². The Morgan fingerprint density at radius 2 is 1.75 bits per heavy atom. The molecule has 1 aliphatic heterocycles. The number of aromatic nitrogens is 1. The molecule has 7 rings (SSSR count). The monoisotopic (exact) mass is 489 g/mol. The number of fused-ring (bicyclic) bond motifs is 7. The van der Waals surface area contributed by atoms with Crippen molar-refractivity contribution in [3.63, 3.8) is 0 Å². The summed E-state index contributed by atoms with van der Waals surface area (Å²) in [6.07, 6.45) is 0.122. The second-order valence-corrected chi connectivity index (χ2v) is 10.6. The summed E-state index contributed by atoms with van der Waals surface area (Å²) in [6, 6.07) is 16.0. The number of esters is 1. The van der Waals surface area contributed by atoms with Crippen molar-refractivity contribution in [1.82, 2.24) is 4.98 Å². The molecule has 4 aromatic rings. The van der Waals surface area contributed by atoms with Gasteiger partial charge in [0.05, 0.1) is 5.39 Å². The molecule has 0 spiro atoms. The predicted molar refractivity (Wildman–Crippen MR) is 131 cm³/mol. The van der Waals surface area contributed by atoms with E-state index in [0.717, 1.165) is 27.1 Å². The van der Waals surface area contributed by atoms with E-state index in [1.54, 1.807) is 6.20 Å². The molecule has 36 heavy (non-hydrogen) atoms. The molecule has 1 saturated heterocycles. The van der Waals surface area contributed by atoms with E-state index in [-0.39, 0.29) is 24.5 Å². The minimum Gasteiger partial charge on any atom is -0.422 e. The summed E-state index contributed by atoms with van der Waals surface area (Å²) in [5.74, 6) is -3.44. The van der Waals surface area contributed by atoms with Gasteiger partial charge in [0, 0.05) is 11.7 Å². The number of hydrogen-bond donors (Lipinski definition) is 5. The lowest BCUT2D eigenvalue weighted by Gasteiger charge is -2.52. The number of hydrogen-bond acceptors (Lipinski definition) is 7. The van der Waals surface area contributed by atoms with Gasteiger partial charge in [0.15, 0.2) is 11.9 Å². The Morgan fingerprint density at radius 3 is 2.56 bits per heavy atom. The lowest BCUT2D eigenvalue weighted by atomic mass is 9.64. The number of rotatable bonds is 2. The maximum Gasteiger partial charge on any atom is 0.343 e. The minimum atomic E-state index is -2.46. The first-order chi connectivity index (χ1) is 17.2. The van der Waals surface area contributed by atoms with Crippen molar-refractivity contribution in [3.05, 3.63) is 54.7 Å². The van der Waals surface area contributed by atoms with E-state index in [2.05, 4.69) is 11.1 Å². The smallest absolute Gasteiger partial charge is 0.343 e. The van der Waals surface area contributed by atoms with Crippen molar-refractivity contribution in [2.75, 3.05) is 0 Å². The molecule has 0 radical (unpaired) electrons. The van der Waals surface area contributed by atoms with Crippen LogP contribution in [-0.4, -0.2) is 60.6 Å². The highest BCUT2D eigenvalue weighted by Gasteiger charge is 2.78. The molecule has 186 valence electrons. The molecule has 2 saturated carbocycles. The van der Waals surface area contributed by atoms with Crippen molar-refractivity contribution < 1.29 is 34.7 Å². The van der Waals surface area contributed by atoms with E-state index in [0.29, 0.717) is 24.6 Å². The topological polar surface area (TPSA) is 132 Å². The van der Waals surface area contributed by atoms with E-state index in [1.165, 1.54) is 0 Å². The van der Waals surface area contributed by atoms with Crippen LogP contribution >= 0.6 is 0 Å². The summed E-state index contributed by atoms with van der Waals surface area (Å²) in [7, 11) is 0. The number of H-pyrrole nitrogens is 1. The molecular weight excluding hydrogens is 462 g/mol. The molecule has 2 aliphatic carbocycles. The van der Waals surface area contributed by atoms with Gasteiger partial charge in [-0.15, -0.1) is 0 Å². The van der Waals surface area contributed by atoms with Crippen LogP contribution in [0.2, 0.25) is 0 Å². The maximum absolute atomic E-state index is 13.3. The zero-order chi connectivity index (χ0) is 24.9. The van der Waals surface area contributed by atoms with E-state index in [1.807, 2.05) is 42.5 Å². The van der Waals surface area contributed by atoms with Crippen molar-refractivity contribution >= 4 is 38.4 Å². The Morgan fingerprint density at radius 1 is 0.972 bits per heavy atom. The lowest BCUT2D eigenvalue weighted by Crippen LogP contribution is -2.72. The van der Waals surface area contributed by atoms with Gasteiger partial charge in [0.2, 0.25) is 5.79 Å². The molecular formula is C28H27NO7. The van der Waals surface area contributed by atoms with Crippen molar-refractivity contribution in [1.29, 1.82) is 0 Å². The van der Waals surface area contributed by atoms with Gasteiger partial charge in [-0.05, 0) is 77.8 Å². The van der Waals surface area contributed by atoms with Crippen LogP contribution in [0.25, 0.3) is 32.4 Å². The summed E-state index contributed by atoms with van der Waals surface area (Å²) in [5, 5.41) is 49.7. The summed E-state index contributed by atoms with van der Waals surface area (Å²) < 4.78 is 11.4. The van der Waals surface area contributed by atoms with Crippen LogP contribution in [0, 0.1) is 5.92 Å². The van der Waals surface area contributed by atoms with E-state index in [9.17, 15) is 25.2 Å². The largest absolute Gasteiger partial charge is 0.422 e. The lowest BCUT2D eigenvalue weighted by molar-refractivity contribution is -0.367. The standard InChI is InChI=1S/C28H27NO7/c30-24-23(36-28(34)26(32)10-3-6-18(26)9-11-27(24,28)33)25(31)35-21-14-29-20-8-7-17-12-15-4-1-2-5-16(15)13-19(17)22(20)21/h1-2,4-5,7-8,12-14,18,23-24,29-30,32-34H,3,6,9-11H2. The van der Waals surface area contributed by atoms with Crippen molar-refractivity contribution in [3.8, 4) is 5.75 Å². The SMILES string of the molecule is O=C(Oc1c[nH]c2ccc3cc4ccccc4cc3c12)C1OC2(O)C3(O)CCCC3CCC2(O)C1O. The van der Waals surface area contributed by atoms with Crippen LogP contribution in [-0.2, 0) is 9.53 Å². The summed E-state index contributed by atoms with van der Waals surface area (Å²) in [6.45, 7) is 0. The van der Waals surface area contributed by atoms with Crippen molar-refractivity contribution in [2.45, 2.75) is 61.3 Å². The second kappa shape index (κ2) is 7.27. The molecule has 6 atom stereocenters. The highest BCUT2D eigenvalue weighted by molar-refractivity contribution is 6.14. The molecule has 3 aliphatic rings. The number of nitrogens with one attached hydrogen (secondary N) is 1. The number of aromatic amines is 1. The van der Waals surface area contributed by atoms with Crippen LogP contribution in [0.3, 0.4) is 0 Å². The third-order valence-corrected chi connectivity index (χ3v) is 8.84. The third-order valence-electron chi connectivity index (χ3n) is 8.84. The molecule has 0 bridgehead atoms. The number of ether oxygens (including phenoxy) is 2. The zero-order valence-corrected chi connectivity index (χ0v) is 19.5. The number of aliphatic hydroxyl groups excluding tert-OH is 1. The summed E-state index contributed by atoms with van der Waals surface area (Å²) >= 11 is 0. The Bertz CT molecular complexity index is 1550. The van der Waals surface area contributed by atoms with Crippen LogP contribution in [0.4, 0.5) is 0 Å². The Labute approximate surface area is 206 Å². The average Bonchev–Trinajstić information content (AvgIpc) is 3.53. The number of benzene rings is 3. The molecule has 5 N–H and O–H groups in total. The summed E-state index contributed by atoms with van der Waals surface area (Å²) in [5.41, 5.74) is -3.16. The highest BCUT2D eigenvalue weighted by Crippen LogP contribution is 2.59. The van der Waals surface area contributed by atoms with Gasteiger partial charge in [-0.1, -0.05) is 30.3 Å². The van der Waals surface area contributed by atoms with E-state index >= 15 is 0 Å². The van der Waals surface area contributed by atoms with Crippen LogP contribution < -0.4 is 4.74 Å². The first-order valence-corrected chi connectivity index (χ1v) is 12.4. The second-order valence-electron chi connectivity index (χ2n) is 10.6. The first kappa shape index (κ1) is 22.2. The maximum atomic E-state index is 13.3. The molecule has 8 heteroatoms. The molecule has 8 nitrogen and oxygen atoms in total. The quantitative estimate of drug-likeness (QED) is 0.216. The normalized spacial score (nSPS) is 35.8. The molecule has 1 aromatic heterocycles. The average molecular weight is 490 g/mol. The van der Waals surface area contributed by atoms with Gasteiger partial charge in [0.25, 0.3) is 0 Å². The third kappa shape index (κ3) is 2.68. The van der Waals surface area contributed by atoms with Gasteiger partial charge in [0.1, 0.15) is 17.3 Å². The zero-order valence-electron chi connectivity index (χ0n) is 19.5. The Balaban J connectivity index is 1.27. The minimum absolute atomic E-state index is 0.00617. The van der Waals surface area contributed by atoms with Crippen LogP contribution in [0.5, 0.6) is 5.75 Å². The van der Waals surface area contributed by atoms with Gasteiger partial charge >= 0.3 is 5.97 Å². The fourth-order valence-corrected chi connectivity index (χ4v) is 6.92. The van der Waals surface area contributed by atoms with Crippen LogP contribution in [0.1, 0.15) is 32.1 Å². The van der Waals surface area contributed by atoms with Gasteiger partial charge in [-0.3, -0.25) is 0 Å². The first-order valence-electron chi connectivity index (χ1n) is 12.4. The molecule has 3 aromatic carbocycles. The predicted octanol–water partition coefficient (Wildman–Crippen LogP) is 2.88. The number of aliphatic hydroxyl groups is 4. The highest BCUT2D eigenvalue weighted by atomic mass is 16.7.